The highest BCUT2D eigenvalue weighted by Crippen LogP contribution is 2.38. The van der Waals surface area contributed by atoms with E-state index in [1.165, 1.54) is 28.4 Å². The van der Waals surface area contributed by atoms with Crippen LogP contribution in [-0.2, 0) is 28.9 Å². The fourth-order valence-corrected chi connectivity index (χ4v) is 4.44. The fraction of sp³-hybridized carbons (Fsp3) is 0.474. The monoisotopic (exact) mass is 405 g/mol. The van der Waals surface area contributed by atoms with Gasteiger partial charge < -0.3 is 15.2 Å². The van der Waals surface area contributed by atoms with Crippen molar-refractivity contribution >= 4 is 34.2 Å². The van der Waals surface area contributed by atoms with Gasteiger partial charge in [0.15, 0.2) is 0 Å². The van der Waals surface area contributed by atoms with Crippen molar-refractivity contribution in [3.8, 4) is 0 Å². The highest BCUT2D eigenvalue weighted by Gasteiger charge is 2.27. The Morgan fingerprint density at radius 1 is 1.32 bits per heavy atom. The first-order chi connectivity index (χ1) is 13.3. The maximum atomic E-state index is 12.6. The Bertz CT molecular complexity index is 900. The van der Waals surface area contributed by atoms with Gasteiger partial charge in [-0.1, -0.05) is 0 Å². The van der Waals surface area contributed by atoms with Gasteiger partial charge in [-0.2, -0.15) is 5.10 Å². The van der Waals surface area contributed by atoms with E-state index in [0.717, 1.165) is 36.1 Å². The third-order valence-electron chi connectivity index (χ3n) is 4.42. The topological polar surface area (TPSA) is 111 Å². The molecule has 28 heavy (non-hydrogen) atoms. The van der Waals surface area contributed by atoms with E-state index in [9.17, 15) is 14.4 Å². The summed E-state index contributed by atoms with van der Waals surface area (Å²) < 4.78 is 6.80. The zero-order chi connectivity index (χ0) is 20.3. The van der Waals surface area contributed by atoms with Crippen molar-refractivity contribution in [2.45, 2.75) is 58.6 Å². The first-order valence-electron chi connectivity index (χ1n) is 9.26. The van der Waals surface area contributed by atoms with Gasteiger partial charge in [0.05, 0.1) is 23.4 Å². The SMILES string of the molecule is CC(C)OC(=O)c1c(NC(=O)CCn2cc(C(=O)O)cn2)sc2c1CCCC2. The van der Waals surface area contributed by atoms with Crippen LogP contribution >= 0.6 is 11.3 Å². The molecule has 0 saturated heterocycles. The highest BCUT2D eigenvalue weighted by atomic mass is 32.1. The number of nitrogens with one attached hydrogen (secondary N) is 1. The number of carboxylic acids is 1. The van der Waals surface area contributed by atoms with Crippen LogP contribution in [-0.4, -0.2) is 38.8 Å². The lowest BCUT2D eigenvalue weighted by molar-refractivity contribution is -0.116. The molecule has 0 bridgehead atoms. The standard InChI is InChI=1S/C19H23N3O5S/c1-11(2)27-19(26)16-13-5-3-4-6-14(13)28-17(16)21-15(23)7-8-22-10-12(9-20-22)18(24)25/h9-11H,3-8H2,1-2H3,(H,21,23)(H,24,25). The second-order valence-corrected chi connectivity index (χ2v) is 8.07. The Hall–Kier alpha value is -2.68. The number of esters is 1. The molecule has 9 heteroatoms. The maximum absolute atomic E-state index is 12.6. The van der Waals surface area contributed by atoms with Gasteiger partial charge in [0.25, 0.3) is 0 Å². The first kappa shape index (κ1) is 20.1. The van der Waals surface area contributed by atoms with Crippen LogP contribution in [0, 0.1) is 0 Å². The minimum Gasteiger partial charge on any atom is -0.478 e. The van der Waals surface area contributed by atoms with E-state index < -0.39 is 11.9 Å². The van der Waals surface area contributed by atoms with Crippen molar-refractivity contribution in [1.82, 2.24) is 9.78 Å². The van der Waals surface area contributed by atoms with Crippen molar-refractivity contribution in [2.75, 3.05) is 5.32 Å². The molecule has 0 fully saturated rings. The number of amides is 1. The van der Waals surface area contributed by atoms with E-state index in [1.807, 2.05) is 0 Å². The van der Waals surface area contributed by atoms with Crippen LogP contribution in [0.4, 0.5) is 5.00 Å². The molecule has 3 rings (SSSR count). The molecule has 0 aromatic carbocycles. The van der Waals surface area contributed by atoms with Gasteiger partial charge in [0.1, 0.15) is 5.00 Å². The summed E-state index contributed by atoms with van der Waals surface area (Å²) in [4.78, 5) is 37.0. The summed E-state index contributed by atoms with van der Waals surface area (Å²) in [6.07, 6.45) is 6.31. The van der Waals surface area contributed by atoms with Crippen LogP contribution in [0.3, 0.4) is 0 Å². The van der Waals surface area contributed by atoms with E-state index in [1.54, 1.807) is 13.8 Å². The number of aromatic nitrogens is 2. The van der Waals surface area contributed by atoms with Gasteiger partial charge in [0, 0.05) is 24.0 Å². The second kappa shape index (κ2) is 8.55. The molecule has 0 aliphatic heterocycles. The lowest BCUT2D eigenvalue weighted by Crippen LogP contribution is -2.18. The number of carbonyl (C=O) groups is 3. The fourth-order valence-electron chi connectivity index (χ4n) is 3.14. The van der Waals surface area contributed by atoms with Crippen molar-refractivity contribution < 1.29 is 24.2 Å². The van der Waals surface area contributed by atoms with E-state index in [4.69, 9.17) is 9.84 Å². The molecule has 0 radical (unpaired) electrons. The number of ether oxygens (including phenoxy) is 1. The van der Waals surface area contributed by atoms with E-state index in [0.29, 0.717) is 10.6 Å². The smallest absolute Gasteiger partial charge is 0.341 e. The lowest BCUT2D eigenvalue weighted by atomic mass is 9.95. The summed E-state index contributed by atoms with van der Waals surface area (Å²) >= 11 is 1.44. The van der Waals surface area contributed by atoms with Crippen LogP contribution in [0.15, 0.2) is 12.4 Å². The number of fused-ring (bicyclic) bond motifs is 1. The van der Waals surface area contributed by atoms with Gasteiger partial charge in [-0.15, -0.1) is 11.3 Å². The summed E-state index contributed by atoms with van der Waals surface area (Å²) in [5.74, 6) is -1.72. The van der Waals surface area contributed by atoms with Gasteiger partial charge in [-0.3, -0.25) is 9.48 Å². The number of thiophene rings is 1. The predicted octanol–water partition coefficient (Wildman–Crippen LogP) is 3.12. The maximum Gasteiger partial charge on any atom is 0.341 e. The van der Waals surface area contributed by atoms with E-state index in [2.05, 4.69) is 10.4 Å². The summed E-state index contributed by atoms with van der Waals surface area (Å²) in [5, 5.41) is 16.2. The number of carboxylic acid groups (broad SMARTS) is 1. The van der Waals surface area contributed by atoms with Crippen molar-refractivity contribution in [3.63, 3.8) is 0 Å². The average molecular weight is 405 g/mol. The molecule has 2 aromatic rings. The zero-order valence-electron chi connectivity index (χ0n) is 15.9. The normalized spacial score (nSPS) is 13.2. The number of aryl methyl sites for hydroxylation is 2. The molecule has 0 spiro atoms. The molecule has 2 N–H and O–H groups in total. The predicted molar refractivity (Wildman–Crippen MR) is 104 cm³/mol. The number of nitrogens with zero attached hydrogens (tertiary/aromatic N) is 2. The largest absolute Gasteiger partial charge is 0.478 e. The Balaban J connectivity index is 1.71. The summed E-state index contributed by atoms with van der Waals surface area (Å²) in [6.45, 7) is 3.84. The highest BCUT2D eigenvalue weighted by molar-refractivity contribution is 7.17. The zero-order valence-corrected chi connectivity index (χ0v) is 16.7. The number of aromatic carboxylic acids is 1. The van der Waals surface area contributed by atoms with Crippen molar-refractivity contribution in [1.29, 1.82) is 0 Å². The van der Waals surface area contributed by atoms with E-state index >= 15 is 0 Å². The average Bonchev–Trinajstić information content (AvgIpc) is 3.23. The minimum absolute atomic E-state index is 0.0741. The van der Waals surface area contributed by atoms with Gasteiger partial charge in [0.2, 0.25) is 5.91 Å². The Labute approximate surface area is 166 Å². The van der Waals surface area contributed by atoms with Crippen LogP contribution in [0.2, 0.25) is 0 Å². The van der Waals surface area contributed by atoms with Crippen LogP contribution in [0.5, 0.6) is 0 Å². The quantitative estimate of drug-likeness (QED) is 0.685. The second-order valence-electron chi connectivity index (χ2n) is 6.96. The van der Waals surface area contributed by atoms with Gasteiger partial charge in [-0.25, -0.2) is 9.59 Å². The molecule has 1 aliphatic carbocycles. The molecule has 1 aliphatic rings. The molecule has 8 nitrogen and oxygen atoms in total. The minimum atomic E-state index is -1.06. The third kappa shape index (κ3) is 4.59. The number of rotatable bonds is 7. The number of anilines is 1. The molecule has 0 unspecified atom stereocenters. The van der Waals surface area contributed by atoms with Crippen LogP contribution < -0.4 is 5.32 Å². The molecule has 150 valence electrons. The molecular weight excluding hydrogens is 382 g/mol. The number of hydrogen-bond donors (Lipinski definition) is 2. The summed E-state index contributed by atoms with van der Waals surface area (Å²) in [5.41, 5.74) is 1.55. The number of carbonyl (C=O) groups excluding carboxylic acids is 2. The van der Waals surface area contributed by atoms with Crippen molar-refractivity contribution in [2.24, 2.45) is 0 Å². The molecule has 2 heterocycles. The molecule has 1 amide bonds. The summed E-state index contributed by atoms with van der Waals surface area (Å²) in [6, 6.07) is 0. The molecular formula is C19H23N3O5S. The Morgan fingerprint density at radius 2 is 2.07 bits per heavy atom. The molecule has 0 saturated carbocycles. The van der Waals surface area contributed by atoms with E-state index in [-0.39, 0.29) is 30.5 Å². The van der Waals surface area contributed by atoms with Crippen LogP contribution in [0.1, 0.15) is 64.3 Å². The molecule has 2 aromatic heterocycles. The lowest BCUT2D eigenvalue weighted by Gasteiger charge is -2.14. The van der Waals surface area contributed by atoms with Gasteiger partial charge >= 0.3 is 11.9 Å². The Morgan fingerprint density at radius 3 is 2.75 bits per heavy atom. The Kier molecular flexibility index (Phi) is 6.13. The van der Waals surface area contributed by atoms with Crippen molar-refractivity contribution in [3.05, 3.63) is 34.0 Å². The van der Waals surface area contributed by atoms with Crippen LogP contribution in [0.25, 0.3) is 0 Å². The first-order valence-corrected chi connectivity index (χ1v) is 10.1. The summed E-state index contributed by atoms with van der Waals surface area (Å²) in [7, 11) is 0. The number of hydrogen-bond acceptors (Lipinski definition) is 6. The third-order valence-corrected chi connectivity index (χ3v) is 5.63. The van der Waals surface area contributed by atoms with Gasteiger partial charge in [-0.05, 0) is 45.1 Å². The molecule has 0 atom stereocenters.